The maximum absolute atomic E-state index is 12.6. The molecule has 20 heavy (non-hydrogen) atoms. The highest BCUT2D eigenvalue weighted by molar-refractivity contribution is 9.10. The summed E-state index contributed by atoms with van der Waals surface area (Å²) in [6.07, 6.45) is 1.58. The minimum atomic E-state index is -0.216. The molecule has 1 aromatic carbocycles. The summed E-state index contributed by atoms with van der Waals surface area (Å²) in [4.78, 5) is 12.6. The van der Waals surface area contributed by atoms with Crippen molar-refractivity contribution in [3.05, 3.63) is 50.2 Å². The molecule has 2 aromatic rings. The molecule has 0 atom stereocenters. The van der Waals surface area contributed by atoms with E-state index in [4.69, 9.17) is 27.9 Å². The second-order valence-electron chi connectivity index (χ2n) is 4.01. The van der Waals surface area contributed by atoms with Gasteiger partial charge in [-0.25, -0.2) is 0 Å². The van der Waals surface area contributed by atoms with E-state index in [1.165, 1.54) is 0 Å². The number of ketones is 1. The number of benzene rings is 1. The van der Waals surface area contributed by atoms with Crippen LogP contribution in [0.15, 0.2) is 28.9 Å². The molecule has 0 amide bonds. The summed E-state index contributed by atoms with van der Waals surface area (Å²) in [5.74, 6) is -0.216. The lowest BCUT2D eigenvalue weighted by Crippen LogP contribution is -2.15. The van der Waals surface area contributed by atoms with Gasteiger partial charge in [-0.2, -0.15) is 5.10 Å². The van der Waals surface area contributed by atoms with E-state index in [1.807, 2.05) is 0 Å². The van der Waals surface area contributed by atoms with E-state index < -0.39 is 0 Å². The summed E-state index contributed by atoms with van der Waals surface area (Å²) in [6.45, 7) is 0.942. The molecule has 0 aliphatic carbocycles. The molecule has 0 aliphatic rings. The van der Waals surface area contributed by atoms with Crippen molar-refractivity contribution < 1.29 is 9.53 Å². The molecule has 2 rings (SSSR count). The SMILES string of the molecule is COCCn1ncc(Br)c1C(=O)c1ccc(Cl)cc1Cl. The standard InChI is InChI=1S/C13H11BrCl2N2O2/c1-20-5-4-18-12(10(14)7-17-18)13(19)9-3-2-8(15)6-11(9)16/h2-3,6-7H,4-5H2,1H3. The van der Waals surface area contributed by atoms with Crippen molar-refractivity contribution in [2.75, 3.05) is 13.7 Å². The predicted molar refractivity (Wildman–Crippen MR) is 81.7 cm³/mol. The minimum Gasteiger partial charge on any atom is -0.383 e. The molecule has 1 aromatic heterocycles. The fourth-order valence-corrected chi connectivity index (χ4v) is 2.71. The molecule has 0 radical (unpaired) electrons. The maximum Gasteiger partial charge on any atom is 0.213 e. The molecule has 0 spiro atoms. The number of ether oxygens (including phenoxy) is 1. The number of halogens is 3. The number of carbonyl (C=O) groups is 1. The second-order valence-corrected chi connectivity index (χ2v) is 5.71. The molecule has 7 heteroatoms. The Labute approximate surface area is 134 Å². The Hall–Kier alpha value is -0.880. The number of carbonyl (C=O) groups excluding carboxylic acids is 1. The molecule has 0 bridgehead atoms. The predicted octanol–water partition coefficient (Wildman–Crippen LogP) is 3.83. The monoisotopic (exact) mass is 376 g/mol. The van der Waals surface area contributed by atoms with Crippen molar-refractivity contribution in [1.82, 2.24) is 9.78 Å². The Kier molecular flexibility index (Phi) is 5.21. The largest absolute Gasteiger partial charge is 0.383 e. The summed E-state index contributed by atoms with van der Waals surface area (Å²) in [5.41, 5.74) is 0.821. The van der Waals surface area contributed by atoms with Crippen LogP contribution in [0.1, 0.15) is 16.1 Å². The summed E-state index contributed by atoms with van der Waals surface area (Å²) < 4.78 is 7.20. The van der Waals surface area contributed by atoms with Crippen molar-refractivity contribution in [2.45, 2.75) is 6.54 Å². The van der Waals surface area contributed by atoms with Crippen LogP contribution in [0.25, 0.3) is 0 Å². The van der Waals surface area contributed by atoms with Gasteiger partial charge in [0.1, 0.15) is 5.69 Å². The summed E-state index contributed by atoms with van der Waals surface area (Å²) in [6, 6.07) is 4.78. The first-order valence-corrected chi connectivity index (χ1v) is 7.29. The van der Waals surface area contributed by atoms with E-state index in [2.05, 4.69) is 21.0 Å². The van der Waals surface area contributed by atoms with E-state index in [0.717, 1.165) is 0 Å². The molecule has 0 aliphatic heterocycles. The van der Waals surface area contributed by atoms with Gasteiger partial charge in [0.15, 0.2) is 0 Å². The lowest BCUT2D eigenvalue weighted by molar-refractivity contribution is 0.102. The van der Waals surface area contributed by atoms with E-state index in [-0.39, 0.29) is 5.78 Å². The average Bonchev–Trinajstić information content (AvgIpc) is 2.77. The van der Waals surface area contributed by atoms with Gasteiger partial charge in [-0.1, -0.05) is 23.2 Å². The highest BCUT2D eigenvalue weighted by Gasteiger charge is 2.21. The topological polar surface area (TPSA) is 44.1 Å². The van der Waals surface area contributed by atoms with Crippen LogP contribution in [0, 0.1) is 0 Å². The lowest BCUT2D eigenvalue weighted by Gasteiger charge is -2.08. The second kappa shape index (κ2) is 6.72. The zero-order valence-corrected chi connectivity index (χ0v) is 13.7. The van der Waals surface area contributed by atoms with Gasteiger partial charge in [-0.05, 0) is 34.1 Å². The van der Waals surface area contributed by atoms with E-state index >= 15 is 0 Å². The Morgan fingerprint density at radius 3 is 2.85 bits per heavy atom. The maximum atomic E-state index is 12.6. The van der Waals surface area contributed by atoms with Crippen LogP contribution < -0.4 is 0 Å². The van der Waals surface area contributed by atoms with Crippen LogP contribution in [0.5, 0.6) is 0 Å². The van der Waals surface area contributed by atoms with Crippen LogP contribution in [-0.2, 0) is 11.3 Å². The smallest absolute Gasteiger partial charge is 0.213 e. The third kappa shape index (κ3) is 3.23. The Balaban J connectivity index is 2.40. The zero-order valence-electron chi connectivity index (χ0n) is 10.6. The number of rotatable bonds is 5. The van der Waals surface area contributed by atoms with Crippen molar-refractivity contribution in [3.63, 3.8) is 0 Å². The normalized spacial score (nSPS) is 10.8. The van der Waals surface area contributed by atoms with Crippen LogP contribution in [0.2, 0.25) is 10.0 Å². The van der Waals surface area contributed by atoms with Gasteiger partial charge in [0, 0.05) is 17.7 Å². The fourth-order valence-electron chi connectivity index (χ4n) is 1.74. The number of methoxy groups -OCH3 is 1. The van der Waals surface area contributed by atoms with Crippen molar-refractivity contribution in [3.8, 4) is 0 Å². The van der Waals surface area contributed by atoms with Crippen LogP contribution in [-0.4, -0.2) is 29.3 Å². The van der Waals surface area contributed by atoms with Crippen molar-refractivity contribution in [2.24, 2.45) is 0 Å². The lowest BCUT2D eigenvalue weighted by atomic mass is 10.1. The van der Waals surface area contributed by atoms with Gasteiger partial charge in [0.2, 0.25) is 5.78 Å². The van der Waals surface area contributed by atoms with E-state index in [9.17, 15) is 4.79 Å². The van der Waals surface area contributed by atoms with Gasteiger partial charge >= 0.3 is 0 Å². The molecule has 0 saturated carbocycles. The number of hydrogen-bond acceptors (Lipinski definition) is 3. The van der Waals surface area contributed by atoms with Gasteiger partial charge in [0.05, 0.1) is 28.8 Å². The highest BCUT2D eigenvalue weighted by atomic mass is 79.9. The molecular weight excluding hydrogens is 367 g/mol. The van der Waals surface area contributed by atoms with Crippen molar-refractivity contribution >= 4 is 44.9 Å². The number of hydrogen-bond donors (Lipinski definition) is 0. The Morgan fingerprint density at radius 1 is 1.45 bits per heavy atom. The summed E-state index contributed by atoms with van der Waals surface area (Å²) in [5, 5.41) is 4.95. The minimum absolute atomic E-state index is 0.216. The highest BCUT2D eigenvalue weighted by Crippen LogP contribution is 2.26. The quantitative estimate of drug-likeness (QED) is 0.743. The van der Waals surface area contributed by atoms with Crippen LogP contribution in [0.4, 0.5) is 0 Å². The van der Waals surface area contributed by atoms with Gasteiger partial charge < -0.3 is 4.74 Å². The molecule has 0 unspecified atom stereocenters. The summed E-state index contributed by atoms with van der Waals surface area (Å²) in [7, 11) is 1.59. The zero-order chi connectivity index (χ0) is 14.7. The first-order chi connectivity index (χ1) is 9.54. The fraction of sp³-hybridized carbons (Fsp3) is 0.231. The molecule has 0 N–H and O–H groups in total. The van der Waals surface area contributed by atoms with Gasteiger partial charge in [-0.3, -0.25) is 9.48 Å². The molecule has 0 saturated heterocycles. The Morgan fingerprint density at radius 2 is 2.20 bits per heavy atom. The molecule has 1 heterocycles. The molecular formula is C13H11BrCl2N2O2. The number of aromatic nitrogens is 2. The van der Waals surface area contributed by atoms with Crippen LogP contribution in [0.3, 0.4) is 0 Å². The van der Waals surface area contributed by atoms with Crippen molar-refractivity contribution in [1.29, 1.82) is 0 Å². The first kappa shape index (κ1) is 15.5. The average molecular weight is 378 g/mol. The Bertz CT molecular complexity index is 643. The molecule has 106 valence electrons. The summed E-state index contributed by atoms with van der Waals surface area (Å²) >= 11 is 15.2. The number of nitrogens with zero attached hydrogens (tertiary/aromatic N) is 2. The van der Waals surface area contributed by atoms with Crippen LogP contribution >= 0.6 is 39.1 Å². The van der Waals surface area contributed by atoms with Gasteiger partial charge in [0.25, 0.3) is 0 Å². The molecule has 4 nitrogen and oxygen atoms in total. The third-order valence-electron chi connectivity index (χ3n) is 2.69. The third-order valence-corrected chi connectivity index (χ3v) is 3.82. The van der Waals surface area contributed by atoms with Gasteiger partial charge in [-0.15, -0.1) is 0 Å². The first-order valence-electron chi connectivity index (χ1n) is 5.74. The van der Waals surface area contributed by atoms with E-state index in [1.54, 1.807) is 36.2 Å². The molecule has 0 fully saturated rings. The van der Waals surface area contributed by atoms with E-state index in [0.29, 0.717) is 38.9 Å².